The van der Waals surface area contributed by atoms with Crippen molar-refractivity contribution in [3.63, 3.8) is 0 Å². The van der Waals surface area contributed by atoms with E-state index in [4.69, 9.17) is 39.5 Å². The van der Waals surface area contributed by atoms with E-state index >= 15 is 0 Å². The Morgan fingerprint density at radius 1 is 1.23 bits per heavy atom. The molecule has 0 saturated heterocycles. The van der Waals surface area contributed by atoms with Crippen molar-refractivity contribution in [1.29, 1.82) is 0 Å². The summed E-state index contributed by atoms with van der Waals surface area (Å²) in [5, 5.41) is 4.52. The van der Waals surface area contributed by atoms with Crippen LogP contribution in [0, 0.1) is 13.8 Å². The van der Waals surface area contributed by atoms with Crippen molar-refractivity contribution in [2.75, 3.05) is 11.9 Å². The molecule has 2 aromatic heterocycles. The van der Waals surface area contributed by atoms with Crippen molar-refractivity contribution in [1.82, 2.24) is 15.0 Å². The second-order valence-electron chi connectivity index (χ2n) is 4.82. The molecule has 5 nitrogen and oxygen atoms in total. The maximum Gasteiger partial charge on any atom is 0.232 e. The number of aromatic nitrogens is 3. The summed E-state index contributed by atoms with van der Waals surface area (Å²) in [6.45, 7) is 5.92. The zero-order valence-corrected chi connectivity index (χ0v) is 14.6. The maximum atomic E-state index is 6.19. The number of aryl methyl sites for hydroxylation is 2. The molecule has 0 amide bonds. The van der Waals surface area contributed by atoms with Crippen LogP contribution >= 0.6 is 34.8 Å². The zero-order valence-electron chi connectivity index (χ0n) is 12.3. The molecule has 1 atom stereocenters. The first-order valence-electron chi connectivity index (χ1n) is 6.58. The highest BCUT2D eigenvalue weighted by Gasteiger charge is 2.12. The van der Waals surface area contributed by atoms with E-state index in [0.717, 1.165) is 5.69 Å². The molecule has 1 unspecified atom stereocenters. The number of anilines is 1. The lowest BCUT2D eigenvalue weighted by Gasteiger charge is -2.17. The Bertz CT molecular complexity index is 681. The number of halogens is 3. The standard InChI is InChI=1S/C14H15Cl3N4O/c1-7(6-22-14-11(16)4-10(15)5-18-14)19-13-12(17)8(2)20-9(3)21-13/h4-5,7H,6H2,1-3H3,(H,19,20,21). The van der Waals surface area contributed by atoms with Crippen LogP contribution in [0.1, 0.15) is 18.4 Å². The first kappa shape index (κ1) is 17.1. The van der Waals surface area contributed by atoms with Crippen molar-refractivity contribution in [2.24, 2.45) is 0 Å². The summed E-state index contributed by atoms with van der Waals surface area (Å²) >= 11 is 18.0. The van der Waals surface area contributed by atoms with Crippen LogP contribution in [0.5, 0.6) is 5.88 Å². The monoisotopic (exact) mass is 360 g/mol. The van der Waals surface area contributed by atoms with Gasteiger partial charge in [-0.05, 0) is 26.8 Å². The van der Waals surface area contributed by atoms with Gasteiger partial charge in [-0.25, -0.2) is 15.0 Å². The smallest absolute Gasteiger partial charge is 0.232 e. The molecule has 0 saturated carbocycles. The topological polar surface area (TPSA) is 59.9 Å². The summed E-state index contributed by atoms with van der Waals surface area (Å²) in [4.78, 5) is 12.5. The summed E-state index contributed by atoms with van der Waals surface area (Å²) in [5.74, 6) is 1.57. The highest BCUT2D eigenvalue weighted by Crippen LogP contribution is 2.25. The third kappa shape index (κ3) is 4.35. The van der Waals surface area contributed by atoms with E-state index in [1.54, 1.807) is 6.07 Å². The predicted molar refractivity (Wildman–Crippen MR) is 89.4 cm³/mol. The first-order valence-corrected chi connectivity index (χ1v) is 7.71. The molecule has 2 aromatic rings. The minimum absolute atomic E-state index is 0.0558. The SMILES string of the molecule is Cc1nc(C)c(Cl)c(NC(C)COc2ncc(Cl)cc2Cl)n1. The van der Waals surface area contributed by atoms with Gasteiger partial charge in [-0.3, -0.25) is 0 Å². The number of nitrogens with one attached hydrogen (secondary N) is 1. The minimum atomic E-state index is -0.0558. The Labute approximate surface area is 144 Å². The minimum Gasteiger partial charge on any atom is -0.474 e. The van der Waals surface area contributed by atoms with Gasteiger partial charge in [-0.15, -0.1) is 0 Å². The number of pyridine rings is 1. The summed E-state index contributed by atoms with van der Waals surface area (Å²) in [7, 11) is 0. The number of hydrogen-bond donors (Lipinski definition) is 1. The average Bonchev–Trinajstić information content (AvgIpc) is 2.43. The van der Waals surface area contributed by atoms with E-state index in [0.29, 0.717) is 39.2 Å². The van der Waals surface area contributed by atoms with Crippen LogP contribution in [0.4, 0.5) is 5.82 Å². The van der Waals surface area contributed by atoms with Gasteiger partial charge in [-0.1, -0.05) is 34.8 Å². The normalized spacial score (nSPS) is 12.1. The van der Waals surface area contributed by atoms with Gasteiger partial charge in [0.1, 0.15) is 28.3 Å². The Morgan fingerprint density at radius 3 is 2.64 bits per heavy atom. The van der Waals surface area contributed by atoms with Gasteiger partial charge >= 0.3 is 0 Å². The Kier molecular flexibility index (Phi) is 5.67. The van der Waals surface area contributed by atoms with E-state index < -0.39 is 0 Å². The second-order valence-corrected chi connectivity index (χ2v) is 6.04. The van der Waals surface area contributed by atoms with Gasteiger partial charge in [0, 0.05) is 6.20 Å². The molecule has 0 radical (unpaired) electrons. The molecule has 2 rings (SSSR count). The molecule has 0 aliphatic heterocycles. The van der Waals surface area contributed by atoms with Gasteiger partial charge in [0.25, 0.3) is 0 Å². The molecule has 0 spiro atoms. The highest BCUT2D eigenvalue weighted by molar-refractivity contribution is 6.35. The van der Waals surface area contributed by atoms with Crippen molar-refractivity contribution >= 4 is 40.6 Å². The fourth-order valence-electron chi connectivity index (χ4n) is 1.78. The van der Waals surface area contributed by atoms with Gasteiger partial charge < -0.3 is 10.1 Å². The van der Waals surface area contributed by atoms with E-state index in [2.05, 4.69) is 20.3 Å². The second kappa shape index (κ2) is 7.31. The number of ether oxygens (including phenoxy) is 1. The van der Waals surface area contributed by atoms with Crippen LogP contribution in [0.3, 0.4) is 0 Å². The maximum absolute atomic E-state index is 6.19. The lowest BCUT2D eigenvalue weighted by Crippen LogP contribution is -2.25. The van der Waals surface area contributed by atoms with Crippen LogP contribution in [0.2, 0.25) is 15.1 Å². The summed E-state index contributed by atoms with van der Waals surface area (Å²) in [5.41, 5.74) is 0.729. The average molecular weight is 362 g/mol. The lowest BCUT2D eigenvalue weighted by atomic mass is 10.3. The Balaban J connectivity index is 2.00. The fourth-order valence-corrected chi connectivity index (χ4v) is 2.36. The quantitative estimate of drug-likeness (QED) is 0.859. The van der Waals surface area contributed by atoms with E-state index in [-0.39, 0.29) is 6.04 Å². The molecule has 0 fully saturated rings. The molecule has 22 heavy (non-hydrogen) atoms. The molecule has 2 heterocycles. The van der Waals surface area contributed by atoms with Crippen LogP contribution in [0.15, 0.2) is 12.3 Å². The van der Waals surface area contributed by atoms with Crippen molar-refractivity contribution in [3.8, 4) is 5.88 Å². The van der Waals surface area contributed by atoms with Crippen LogP contribution in [-0.4, -0.2) is 27.6 Å². The zero-order chi connectivity index (χ0) is 16.3. The molecular formula is C14H15Cl3N4O. The molecule has 0 bridgehead atoms. The highest BCUT2D eigenvalue weighted by atomic mass is 35.5. The third-order valence-corrected chi connectivity index (χ3v) is 3.69. The van der Waals surface area contributed by atoms with Crippen LogP contribution in [-0.2, 0) is 0 Å². The summed E-state index contributed by atoms with van der Waals surface area (Å²) < 4.78 is 5.58. The molecule has 8 heteroatoms. The molecule has 118 valence electrons. The molecule has 0 aromatic carbocycles. The van der Waals surface area contributed by atoms with Gasteiger partial charge in [-0.2, -0.15) is 0 Å². The van der Waals surface area contributed by atoms with Crippen LogP contribution < -0.4 is 10.1 Å². The van der Waals surface area contributed by atoms with Crippen molar-refractivity contribution in [2.45, 2.75) is 26.8 Å². The Morgan fingerprint density at radius 2 is 1.95 bits per heavy atom. The van der Waals surface area contributed by atoms with Crippen molar-refractivity contribution in [3.05, 3.63) is 38.8 Å². The fraction of sp³-hybridized carbons (Fsp3) is 0.357. The number of rotatable bonds is 5. The Hall–Kier alpha value is -1.30. The number of nitrogens with zero attached hydrogens (tertiary/aromatic N) is 3. The summed E-state index contributed by atoms with van der Waals surface area (Å²) in [6, 6.07) is 1.53. The summed E-state index contributed by atoms with van der Waals surface area (Å²) in [6.07, 6.45) is 1.48. The van der Waals surface area contributed by atoms with Crippen LogP contribution in [0.25, 0.3) is 0 Å². The van der Waals surface area contributed by atoms with E-state index in [1.165, 1.54) is 6.20 Å². The van der Waals surface area contributed by atoms with Gasteiger partial charge in [0.05, 0.1) is 16.8 Å². The van der Waals surface area contributed by atoms with Gasteiger partial charge in [0.15, 0.2) is 0 Å². The number of hydrogen-bond acceptors (Lipinski definition) is 5. The molecule has 1 N–H and O–H groups in total. The molecular weight excluding hydrogens is 347 g/mol. The lowest BCUT2D eigenvalue weighted by molar-refractivity contribution is 0.292. The molecule has 0 aliphatic rings. The largest absolute Gasteiger partial charge is 0.474 e. The third-order valence-electron chi connectivity index (χ3n) is 2.76. The first-order chi connectivity index (χ1) is 10.4. The molecule has 0 aliphatic carbocycles. The van der Waals surface area contributed by atoms with E-state index in [9.17, 15) is 0 Å². The predicted octanol–water partition coefficient (Wildman–Crippen LogP) is 4.33. The van der Waals surface area contributed by atoms with Gasteiger partial charge in [0.2, 0.25) is 5.88 Å². The van der Waals surface area contributed by atoms with E-state index in [1.807, 2.05) is 20.8 Å². The van der Waals surface area contributed by atoms with Crippen molar-refractivity contribution < 1.29 is 4.74 Å².